The van der Waals surface area contributed by atoms with Gasteiger partial charge >= 0.3 is 0 Å². The lowest BCUT2D eigenvalue weighted by Crippen LogP contribution is -2.38. The number of carbonyl (C=O) groups is 1. The van der Waals surface area contributed by atoms with Gasteiger partial charge in [-0.3, -0.25) is 9.78 Å². The number of nitrogens with zero attached hydrogens (tertiary/aromatic N) is 1. The Labute approximate surface area is 166 Å². The van der Waals surface area contributed by atoms with Crippen molar-refractivity contribution in [2.45, 2.75) is 19.8 Å². The van der Waals surface area contributed by atoms with E-state index < -0.39 is 5.41 Å². The molecule has 0 saturated carbocycles. The summed E-state index contributed by atoms with van der Waals surface area (Å²) in [4.78, 5) is 17.7. The van der Waals surface area contributed by atoms with Crippen molar-refractivity contribution in [3.05, 3.63) is 85.1 Å². The fourth-order valence-electron chi connectivity index (χ4n) is 3.16. The molecule has 0 spiro atoms. The number of fused-ring (bicyclic) bond motifs is 1. The Bertz CT molecular complexity index is 934. The van der Waals surface area contributed by atoms with Crippen LogP contribution < -0.4 is 5.32 Å². The van der Waals surface area contributed by atoms with Crippen LogP contribution in [0.25, 0.3) is 10.9 Å². The van der Waals surface area contributed by atoms with Crippen molar-refractivity contribution in [1.82, 2.24) is 4.98 Å². The van der Waals surface area contributed by atoms with E-state index in [1.807, 2.05) is 55.5 Å². The summed E-state index contributed by atoms with van der Waals surface area (Å²) in [7, 11) is 0. The summed E-state index contributed by atoms with van der Waals surface area (Å²) in [5.41, 5.74) is 2.04. The summed E-state index contributed by atoms with van der Waals surface area (Å²) in [6.45, 7) is 6.39. The van der Waals surface area contributed by atoms with E-state index in [0.29, 0.717) is 19.6 Å². The van der Waals surface area contributed by atoms with Crippen molar-refractivity contribution in [3.63, 3.8) is 0 Å². The third-order valence-corrected chi connectivity index (χ3v) is 4.89. The second-order valence-electron chi connectivity index (χ2n) is 7.18. The quantitative estimate of drug-likeness (QED) is 0.423. The van der Waals surface area contributed by atoms with Crippen LogP contribution in [0.5, 0.6) is 0 Å². The van der Waals surface area contributed by atoms with E-state index in [-0.39, 0.29) is 5.91 Å². The van der Waals surface area contributed by atoms with Gasteiger partial charge in [-0.05, 0) is 37.5 Å². The molecule has 1 unspecified atom stereocenters. The first-order valence-electron chi connectivity index (χ1n) is 9.50. The predicted octanol–water partition coefficient (Wildman–Crippen LogP) is 5.02. The lowest BCUT2D eigenvalue weighted by atomic mass is 9.83. The second kappa shape index (κ2) is 9.29. The van der Waals surface area contributed by atoms with Crippen molar-refractivity contribution in [2.24, 2.45) is 5.41 Å². The van der Waals surface area contributed by atoms with Gasteiger partial charge in [0.1, 0.15) is 0 Å². The minimum Gasteiger partial charge on any atom is -0.376 e. The number of hydrogen-bond acceptors (Lipinski definition) is 3. The topological polar surface area (TPSA) is 51.2 Å². The molecule has 0 bridgehead atoms. The fraction of sp³-hybridized carbons (Fsp3) is 0.250. The second-order valence-corrected chi connectivity index (χ2v) is 7.18. The summed E-state index contributed by atoms with van der Waals surface area (Å²) in [5, 5.41) is 4.08. The Morgan fingerprint density at radius 3 is 2.71 bits per heavy atom. The van der Waals surface area contributed by atoms with Gasteiger partial charge in [-0.25, -0.2) is 0 Å². The number of benzene rings is 2. The van der Waals surface area contributed by atoms with Gasteiger partial charge in [0.25, 0.3) is 0 Å². The van der Waals surface area contributed by atoms with E-state index in [0.717, 1.165) is 23.0 Å². The van der Waals surface area contributed by atoms with E-state index in [9.17, 15) is 4.79 Å². The molecule has 4 heteroatoms. The molecular formula is C24H26N2O2. The third kappa shape index (κ3) is 4.84. The zero-order chi connectivity index (χ0) is 19.8. The molecule has 1 atom stereocenters. The highest BCUT2D eigenvalue weighted by molar-refractivity contribution is 6.02. The SMILES string of the molecule is C=CCOCC(C)(CCc1ccccc1)C(=O)Nc1cccc2cccnc12. The lowest BCUT2D eigenvalue weighted by molar-refractivity contribution is -0.128. The van der Waals surface area contributed by atoms with Crippen LogP contribution in [0.1, 0.15) is 18.9 Å². The molecule has 0 saturated heterocycles. The van der Waals surface area contributed by atoms with Crippen LogP contribution in [0.4, 0.5) is 5.69 Å². The number of amides is 1. The van der Waals surface area contributed by atoms with Crippen LogP contribution in [0.3, 0.4) is 0 Å². The standard InChI is InChI=1S/C24H26N2O2/c1-3-17-28-18-24(2,15-14-19-9-5-4-6-10-19)23(27)26-21-13-7-11-20-12-8-16-25-22(20)21/h3-13,16H,1,14-15,17-18H2,2H3,(H,26,27). The lowest BCUT2D eigenvalue weighted by Gasteiger charge is -2.28. The van der Waals surface area contributed by atoms with Gasteiger partial charge in [-0.2, -0.15) is 0 Å². The monoisotopic (exact) mass is 374 g/mol. The van der Waals surface area contributed by atoms with E-state index in [2.05, 4.69) is 29.0 Å². The van der Waals surface area contributed by atoms with Crippen LogP contribution in [0, 0.1) is 5.41 Å². The summed E-state index contributed by atoms with van der Waals surface area (Å²) < 4.78 is 5.69. The van der Waals surface area contributed by atoms with Gasteiger partial charge in [0.15, 0.2) is 0 Å². The smallest absolute Gasteiger partial charge is 0.232 e. The molecule has 28 heavy (non-hydrogen) atoms. The molecule has 1 amide bonds. The molecule has 0 aliphatic carbocycles. The largest absolute Gasteiger partial charge is 0.376 e. The van der Waals surface area contributed by atoms with Gasteiger partial charge in [0.2, 0.25) is 5.91 Å². The van der Waals surface area contributed by atoms with Crippen LogP contribution in [0.2, 0.25) is 0 Å². The molecule has 144 valence electrons. The van der Waals surface area contributed by atoms with Gasteiger partial charge < -0.3 is 10.1 Å². The number of para-hydroxylation sites is 1. The Kier molecular flexibility index (Phi) is 6.56. The first-order valence-corrected chi connectivity index (χ1v) is 9.50. The highest BCUT2D eigenvalue weighted by Gasteiger charge is 2.33. The molecule has 3 aromatic rings. The van der Waals surface area contributed by atoms with E-state index in [1.54, 1.807) is 12.3 Å². The number of ether oxygens (including phenoxy) is 1. The van der Waals surface area contributed by atoms with Crippen LogP contribution >= 0.6 is 0 Å². The summed E-state index contributed by atoms with van der Waals surface area (Å²) in [5.74, 6) is -0.0642. The first-order chi connectivity index (χ1) is 13.6. The zero-order valence-electron chi connectivity index (χ0n) is 16.2. The van der Waals surface area contributed by atoms with Crippen LogP contribution in [0.15, 0.2) is 79.5 Å². The molecule has 0 fully saturated rings. The maximum atomic E-state index is 13.2. The molecule has 0 aliphatic rings. The average Bonchev–Trinajstić information content (AvgIpc) is 2.73. The summed E-state index contributed by atoms with van der Waals surface area (Å²) in [6.07, 6.45) is 4.91. The Morgan fingerprint density at radius 2 is 1.93 bits per heavy atom. The molecule has 0 aliphatic heterocycles. The number of aryl methyl sites for hydroxylation is 1. The molecule has 1 aromatic heterocycles. The summed E-state index contributed by atoms with van der Waals surface area (Å²) in [6, 6.07) is 19.9. The maximum Gasteiger partial charge on any atom is 0.232 e. The van der Waals surface area contributed by atoms with Crippen LogP contribution in [-0.2, 0) is 16.0 Å². The van der Waals surface area contributed by atoms with Gasteiger partial charge in [-0.15, -0.1) is 6.58 Å². The fourth-order valence-corrected chi connectivity index (χ4v) is 3.16. The Hall–Kier alpha value is -2.98. The number of hydrogen-bond donors (Lipinski definition) is 1. The Balaban J connectivity index is 1.79. The highest BCUT2D eigenvalue weighted by Crippen LogP contribution is 2.29. The van der Waals surface area contributed by atoms with E-state index in [4.69, 9.17) is 4.74 Å². The zero-order valence-corrected chi connectivity index (χ0v) is 16.2. The van der Waals surface area contributed by atoms with Gasteiger partial charge in [0.05, 0.1) is 29.8 Å². The normalized spacial score (nSPS) is 13.0. The first kappa shape index (κ1) is 19.8. The van der Waals surface area contributed by atoms with E-state index >= 15 is 0 Å². The van der Waals surface area contributed by atoms with Crippen LogP contribution in [-0.4, -0.2) is 24.1 Å². The number of anilines is 1. The number of carbonyl (C=O) groups excluding carboxylic acids is 1. The minimum absolute atomic E-state index is 0.0642. The number of rotatable bonds is 9. The number of pyridine rings is 1. The van der Waals surface area contributed by atoms with Crippen molar-refractivity contribution in [2.75, 3.05) is 18.5 Å². The third-order valence-electron chi connectivity index (χ3n) is 4.89. The molecule has 1 N–H and O–H groups in total. The van der Waals surface area contributed by atoms with Gasteiger partial charge in [0, 0.05) is 11.6 Å². The van der Waals surface area contributed by atoms with Gasteiger partial charge in [-0.1, -0.05) is 54.6 Å². The van der Waals surface area contributed by atoms with E-state index in [1.165, 1.54) is 5.56 Å². The number of aromatic nitrogens is 1. The van der Waals surface area contributed by atoms with Crippen molar-refractivity contribution in [1.29, 1.82) is 0 Å². The van der Waals surface area contributed by atoms with Crippen molar-refractivity contribution in [3.8, 4) is 0 Å². The minimum atomic E-state index is -0.671. The molecule has 4 nitrogen and oxygen atoms in total. The Morgan fingerprint density at radius 1 is 1.14 bits per heavy atom. The maximum absolute atomic E-state index is 13.2. The van der Waals surface area contributed by atoms with Crippen molar-refractivity contribution >= 4 is 22.5 Å². The molecule has 2 aromatic carbocycles. The highest BCUT2D eigenvalue weighted by atomic mass is 16.5. The summed E-state index contributed by atoms with van der Waals surface area (Å²) >= 11 is 0. The average molecular weight is 374 g/mol. The molecule has 1 heterocycles. The molecular weight excluding hydrogens is 348 g/mol. The molecule has 3 rings (SSSR count). The van der Waals surface area contributed by atoms with Crippen molar-refractivity contribution < 1.29 is 9.53 Å². The predicted molar refractivity (Wildman–Crippen MR) is 114 cm³/mol. The molecule has 0 radical (unpaired) electrons. The number of nitrogens with one attached hydrogen (secondary N) is 1.